The zero-order valence-corrected chi connectivity index (χ0v) is 20.7. The van der Waals surface area contributed by atoms with Crippen LogP contribution in [0.2, 0.25) is 5.02 Å². The van der Waals surface area contributed by atoms with Gasteiger partial charge in [-0.15, -0.1) is 0 Å². The topological polar surface area (TPSA) is 75.5 Å². The first-order valence-electron chi connectivity index (χ1n) is 11.0. The van der Waals surface area contributed by atoms with Gasteiger partial charge in [-0.3, -0.25) is 4.79 Å². The highest BCUT2D eigenvalue weighted by Gasteiger charge is 2.29. The standard InChI is InChI=1S/C24H27ClN4O3S/c1-5-27(6-2)33(31,32)21-11-12-22-19(15-21)13-14-28(22)24(30)18-7-9-20(10-8-18)29-17(4)23(25)16(3)26-29/h7-12,15H,5-6,13-14H2,1-4H3. The highest BCUT2D eigenvalue weighted by atomic mass is 35.5. The van der Waals surface area contributed by atoms with Crippen molar-refractivity contribution >= 4 is 33.2 Å². The lowest BCUT2D eigenvalue weighted by molar-refractivity contribution is 0.0989. The Hall–Kier alpha value is -2.68. The van der Waals surface area contributed by atoms with Gasteiger partial charge in [0.25, 0.3) is 5.91 Å². The fraction of sp³-hybridized carbons (Fsp3) is 0.333. The van der Waals surface area contributed by atoms with Crippen molar-refractivity contribution in [1.82, 2.24) is 14.1 Å². The second-order valence-electron chi connectivity index (χ2n) is 8.03. The molecule has 7 nitrogen and oxygen atoms in total. The van der Waals surface area contributed by atoms with E-state index in [9.17, 15) is 13.2 Å². The molecule has 0 saturated heterocycles. The summed E-state index contributed by atoms with van der Waals surface area (Å²) in [6.45, 7) is 8.75. The maximum absolute atomic E-state index is 13.2. The molecule has 4 rings (SSSR count). The molecule has 0 aliphatic carbocycles. The second kappa shape index (κ2) is 8.93. The average molecular weight is 487 g/mol. The van der Waals surface area contributed by atoms with Crippen LogP contribution < -0.4 is 4.90 Å². The number of fused-ring (bicyclic) bond motifs is 1. The number of amides is 1. The Balaban J connectivity index is 1.58. The SMILES string of the molecule is CCN(CC)S(=O)(=O)c1ccc2c(c1)CCN2C(=O)c1ccc(-n2nc(C)c(Cl)c2C)cc1. The van der Waals surface area contributed by atoms with E-state index in [1.54, 1.807) is 39.9 Å². The normalized spacial score (nSPS) is 13.6. The second-order valence-corrected chi connectivity index (χ2v) is 10.3. The van der Waals surface area contributed by atoms with Gasteiger partial charge in [0.15, 0.2) is 0 Å². The summed E-state index contributed by atoms with van der Waals surface area (Å²) < 4.78 is 28.9. The van der Waals surface area contributed by atoms with Crippen molar-refractivity contribution in [2.45, 2.75) is 39.0 Å². The highest BCUT2D eigenvalue weighted by molar-refractivity contribution is 7.89. The van der Waals surface area contributed by atoms with Crippen LogP contribution in [0.1, 0.15) is 41.2 Å². The Morgan fingerprint density at radius 1 is 1.09 bits per heavy atom. The molecule has 1 aromatic heterocycles. The Kier molecular flexibility index (Phi) is 6.35. The summed E-state index contributed by atoms with van der Waals surface area (Å²) in [7, 11) is -3.54. The summed E-state index contributed by atoms with van der Waals surface area (Å²) in [6.07, 6.45) is 0.616. The van der Waals surface area contributed by atoms with E-state index in [1.165, 1.54) is 4.31 Å². The van der Waals surface area contributed by atoms with Crippen LogP contribution in [0, 0.1) is 13.8 Å². The molecule has 1 aliphatic rings. The Bertz CT molecular complexity index is 1310. The molecule has 1 amide bonds. The third-order valence-electron chi connectivity index (χ3n) is 6.10. The molecule has 0 radical (unpaired) electrons. The third kappa shape index (κ3) is 4.07. The smallest absolute Gasteiger partial charge is 0.258 e. The van der Waals surface area contributed by atoms with Crippen molar-refractivity contribution in [3.63, 3.8) is 0 Å². The van der Waals surface area contributed by atoms with E-state index in [1.807, 2.05) is 39.8 Å². The van der Waals surface area contributed by atoms with Gasteiger partial charge in [-0.05, 0) is 68.3 Å². The predicted octanol–water partition coefficient (Wildman–Crippen LogP) is 4.38. The molecule has 2 aromatic carbocycles. The van der Waals surface area contributed by atoms with Crippen LogP contribution in [0.15, 0.2) is 47.4 Å². The van der Waals surface area contributed by atoms with E-state index in [2.05, 4.69) is 5.10 Å². The first-order valence-corrected chi connectivity index (χ1v) is 12.8. The summed E-state index contributed by atoms with van der Waals surface area (Å²) in [4.78, 5) is 15.2. The van der Waals surface area contributed by atoms with E-state index >= 15 is 0 Å². The molecule has 0 atom stereocenters. The summed E-state index contributed by atoms with van der Waals surface area (Å²) >= 11 is 6.25. The van der Waals surface area contributed by atoms with Gasteiger partial charge in [0.1, 0.15) is 0 Å². The van der Waals surface area contributed by atoms with Gasteiger partial charge in [-0.25, -0.2) is 13.1 Å². The zero-order chi connectivity index (χ0) is 23.9. The molecule has 9 heteroatoms. The van der Waals surface area contributed by atoms with Crippen molar-refractivity contribution in [2.24, 2.45) is 0 Å². The van der Waals surface area contributed by atoms with Gasteiger partial charge in [0.2, 0.25) is 10.0 Å². The molecule has 0 N–H and O–H groups in total. The minimum atomic E-state index is -3.54. The van der Waals surface area contributed by atoms with Gasteiger partial charge in [0.05, 0.1) is 27.0 Å². The van der Waals surface area contributed by atoms with Crippen molar-refractivity contribution in [3.8, 4) is 5.69 Å². The summed E-state index contributed by atoms with van der Waals surface area (Å²) in [6, 6.07) is 12.3. The molecular formula is C24H27ClN4O3S. The molecule has 1 aliphatic heterocycles. The van der Waals surface area contributed by atoms with Gasteiger partial charge in [-0.1, -0.05) is 25.4 Å². The number of aromatic nitrogens is 2. The quantitative estimate of drug-likeness (QED) is 0.518. The largest absolute Gasteiger partial charge is 0.308 e. The molecule has 2 heterocycles. The fourth-order valence-electron chi connectivity index (χ4n) is 4.24. The number of anilines is 1. The number of hydrogen-bond donors (Lipinski definition) is 0. The van der Waals surface area contributed by atoms with E-state index in [-0.39, 0.29) is 10.8 Å². The Morgan fingerprint density at radius 2 is 1.76 bits per heavy atom. The molecule has 33 heavy (non-hydrogen) atoms. The fourth-order valence-corrected chi connectivity index (χ4v) is 5.87. The molecule has 0 unspecified atom stereocenters. The van der Waals surface area contributed by atoms with Crippen molar-refractivity contribution in [2.75, 3.05) is 24.5 Å². The van der Waals surface area contributed by atoms with E-state index in [4.69, 9.17) is 11.6 Å². The minimum Gasteiger partial charge on any atom is -0.308 e. The van der Waals surface area contributed by atoms with Crippen LogP contribution in [0.5, 0.6) is 0 Å². The number of hydrogen-bond acceptors (Lipinski definition) is 4. The number of aryl methyl sites for hydroxylation is 1. The minimum absolute atomic E-state index is 0.119. The zero-order valence-electron chi connectivity index (χ0n) is 19.2. The molecule has 0 spiro atoms. The number of nitrogens with zero attached hydrogens (tertiary/aromatic N) is 4. The third-order valence-corrected chi connectivity index (χ3v) is 8.69. The first-order chi connectivity index (χ1) is 15.7. The molecule has 3 aromatic rings. The highest BCUT2D eigenvalue weighted by Crippen LogP contribution is 2.32. The summed E-state index contributed by atoms with van der Waals surface area (Å²) in [5.41, 5.74) is 4.60. The average Bonchev–Trinajstić information content (AvgIpc) is 3.35. The lowest BCUT2D eigenvalue weighted by atomic mass is 10.1. The summed E-state index contributed by atoms with van der Waals surface area (Å²) in [5, 5.41) is 5.08. The number of rotatable bonds is 6. The van der Waals surface area contributed by atoms with Gasteiger partial charge in [0, 0.05) is 30.9 Å². The first kappa shape index (κ1) is 23.5. The van der Waals surface area contributed by atoms with E-state index in [0.29, 0.717) is 36.6 Å². The number of carbonyl (C=O) groups is 1. The van der Waals surface area contributed by atoms with Gasteiger partial charge in [-0.2, -0.15) is 9.40 Å². The Morgan fingerprint density at radius 3 is 2.33 bits per heavy atom. The summed E-state index contributed by atoms with van der Waals surface area (Å²) in [5.74, 6) is -0.119. The van der Waals surface area contributed by atoms with Crippen molar-refractivity contribution in [1.29, 1.82) is 0 Å². The van der Waals surface area contributed by atoms with Crippen molar-refractivity contribution < 1.29 is 13.2 Å². The molecular weight excluding hydrogens is 460 g/mol. The number of halogens is 1. The van der Waals surface area contributed by atoms with Crippen LogP contribution in [0.4, 0.5) is 5.69 Å². The lowest BCUT2D eigenvalue weighted by Gasteiger charge is -2.20. The number of sulfonamides is 1. The lowest BCUT2D eigenvalue weighted by Crippen LogP contribution is -2.30. The molecule has 0 bridgehead atoms. The molecule has 174 valence electrons. The predicted molar refractivity (Wildman–Crippen MR) is 130 cm³/mol. The van der Waals surface area contributed by atoms with Crippen molar-refractivity contribution in [3.05, 3.63) is 70.0 Å². The molecule has 0 fully saturated rings. The van der Waals surface area contributed by atoms with Crippen LogP contribution in [-0.2, 0) is 16.4 Å². The van der Waals surface area contributed by atoms with E-state index in [0.717, 1.165) is 28.3 Å². The van der Waals surface area contributed by atoms with Gasteiger partial charge < -0.3 is 4.90 Å². The van der Waals surface area contributed by atoms with Crippen LogP contribution >= 0.6 is 11.6 Å². The Labute approximate surface area is 199 Å². The van der Waals surface area contributed by atoms with Gasteiger partial charge >= 0.3 is 0 Å². The van der Waals surface area contributed by atoms with Crippen LogP contribution in [-0.4, -0.2) is 48.0 Å². The van der Waals surface area contributed by atoms with Crippen LogP contribution in [0.25, 0.3) is 5.69 Å². The number of carbonyl (C=O) groups excluding carboxylic acids is 1. The number of benzene rings is 2. The molecule has 0 saturated carbocycles. The van der Waals surface area contributed by atoms with Crippen LogP contribution in [0.3, 0.4) is 0 Å². The van der Waals surface area contributed by atoms with E-state index < -0.39 is 10.0 Å². The monoisotopic (exact) mass is 486 g/mol. The maximum atomic E-state index is 13.2. The maximum Gasteiger partial charge on any atom is 0.258 e.